The molecule has 2 aromatic rings. The number of nitrogens with one attached hydrogen (secondary N) is 1. The summed E-state index contributed by atoms with van der Waals surface area (Å²) in [6, 6.07) is 3.86. The lowest BCUT2D eigenvalue weighted by atomic mass is 10.2. The minimum absolute atomic E-state index is 0.733. The van der Waals surface area contributed by atoms with Crippen LogP contribution in [0.15, 0.2) is 12.1 Å². The highest BCUT2D eigenvalue weighted by molar-refractivity contribution is 6.35. The smallest absolute Gasteiger partial charge is 0.104 e. The Morgan fingerprint density at radius 2 is 2.08 bits per heavy atom. The van der Waals surface area contributed by atoms with Gasteiger partial charge in [-0.25, -0.2) is 4.98 Å². The molecule has 2 nitrogen and oxygen atoms in total. The number of fused-ring (bicyclic) bond motifs is 1. The monoisotopic (exact) mass is 180 g/mol. The summed E-state index contributed by atoms with van der Waals surface area (Å²) in [5, 5.41) is 0.733. The van der Waals surface area contributed by atoms with Crippen LogP contribution in [0.3, 0.4) is 0 Å². The standard InChI is InChI=1S/C9H9ClN2/c1-5-3-4-7(10)9-8(5)11-6(2)12-9/h3-4H,1-2H3,(H,11,12). The van der Waals surface area contributed by atoms with Crippen LogP contribution in [0.2, 0.25) is 5.02 Å². The topological polar surface area (TPSA) is 28.7 Å². The first-order valence-corrected chi connectivity index (χ1v) is 4.17. The zero-order valence-corrected chi connectivity index (χ0v) is 7.74. The SMILES string of the molecule is Cc1nc2c(C)ccc(Cl)c2[nH]1. The number of imidazole rings is 1. The van der Waals surface area contributed by atoms with Crippen LogP contribution < -0.4 is 0 Å². The molecule has 0 bridgehead atoms. The Bertz CT molecular complexity index is 392. The van der Waals surface area contributed by atoms with Crippen LogP contribution in [0.4, 0.5) is 0 Å². The Morgan fingerprint density at radius 1 is 1.33 bits per heavy atom. The summed E-state index contributed by atoms with van der Waals surface area (Å²) < 4.78 is 0. The summed E-state index contributed by atoms with van der Waals surface area (Å²) in [6.07, 6.45) is 0. The summed E-state index contributed by atoms with van der Waals surface area (Å²) in [5.74, 6) is 0.904. The average molecular weight is 181 g/mol. The first-order valence-electron chi connectivity index (χ1n) is 3.80. The van der Waals surface area contributed by atoms with Crippen molar-refractivity contribution in [1.82, 2.24) is 9.97 Å². The maximum atomic E-state index is 5.97. The van der Waals surface area contributed by atoms with E-state index in [4.69, 9.17) is 11.6 Å². The van der Waals surface area contributed by atoms with Crippen LogP contribution in [0.25, 0.3) is 11.0 Å². The Balaban J connectivity index is 2.93. The van der Waals surface area contributed by atoms with Gasteiger partial charge < -0.3 is 4.98 Å². The van der Waals surface area contributed by atoms with Gasteiger partial charge in [0.25, 0.3) is 0 Å². The summed E-state index contributed by atoms with van der Waals surface area (Å²) in [5.41, 5.74) is 3.06. The summed E-state index contributed by atoms with van der Waals surface area (Å²) in [7, 11) is 0. The fraction of sp³-hybridized carbons (Fsp3) is 0.222. The molecule has 0 amide bonds. The third kappa shape index (κ3) is 0.994. The highest BCUT2D eigenvalue weighted by Crippen LogP contribution is 2.23. The summed E-state index contributed by atoms with van der Waals surface area (Å²) in [4.78, 5) is 7.46. The normalized spacial score (nSPS) is 10.9. The van der Waals surface area contributed by atoms with E-state index in [0.29, 0.717) is 0 Å². The zero-order chi connectivity index (χ0) is 8.72. The van der Waals surface area contributed by atoms with Gasteiger partial charge in [-0.1, -0.05) is 17.7 Å². The molecule has 0 fully saturated rings. The van der Waals surface area contributed by atoms with Gasteiger partial charge in [-0.15, -0.1) is 0 Å². The molecule has 0 saturated carbocycles. The molecule has 0 unspecified atom stereocenters. The molecular formula is C9H9ClN2. The molecule has 0 radical (unpaired) electrons. The molecule has 12 heavy (non-hydrogen) atoms. The van der Waals surface area contributed by atoms with Gasteiger partial charge in [0, 0.05) is 0 Å². The van der Waals surface area contributed by atoms with Crippen molar-refractivity contribution in [1.29, 1.82) is 0 Å². The molecule has 0 spiro atoms. The third-order valence-corrected chi connectivity index (χ3v) is 2.23. The molecule has 1 aromatic heterocycles. The second-order valence-electron chi connectivity index (χ2n) is 2.91. The maximum absolute atomic E-state index is 5.97. The predicted octanol–water partition coefficient (Wildman–Crippen LogP) is 2.83. The highest BCUT2D eigenvalue weighted by Gasteiger charge is 2.05. The van der Waals surface area contributed by atoms with Gasteiger partial charge in [0.2, 0.25) is 0 Å². The van der Waals surface area contributed by atoms with E-state index in [0.717, 1.165) is 27.4 Å². The molecular weight excluding hydrogens is 172 g/mol. The molecule has 62 valence electrons. The van der Waals surface area contributed by atoms with Crippen molar-refractivity contribution >= 4 is 22.6 Å². The van der Waals surface area contributed by atoms with Gasteiger partial charge in [-0.05, 0) is 25.5 Å². The summed E-state index contributed by atoms with van der Waals surface area (Å²) in [6.45, 7) is 3.95. The largest absolute Gasteiger partial charge is 0.341 e. The Hall–Kier alpha value is -1.02. The molecule has 0 aliphatic carbocycles. The number of rotatable bonds is 0. The van der Waals surface area contributed by atoms with Gasteiger partial charge in [0.15, 0.2) is 0 Å². The van der Waals surface area contributed by atoms with Gasteiger partial charge in [-0.3, -0.25) is 0 Å². The minimum atomic E-state index is 0.733. The number of benzene rings is 1. The zero-order valence-electron chi connectivity index (χ0n) is 6.98. The fourth-order valence-electron chi connectivity index (χ4n) is 1.31. The van der Waals surface area contributed by atoms with E-state index in [2.05, 4.69) is 9.97 Å². The van der Waals surface area contributed by atoms with E-state index in [1.54, 1.807) is 0 Å². The number of halogens is 1. The van der Waals surface area contributed by atoms with Crippen molar-refractivity contribution in [3.05, 3.63) is 28.5 Å². The lowest BCUT2D eigenvalue weighted by Gasteiger charge is -1.94. The first kappa shape index (κ1) is 7.62. The Morgan fingerprint density at radius 3 is 2.75 bits per heavy atom. The second-order valence-corrected chi connectivity index (χ2v) is 3.32. The Kier molecular flexibility index (Phi) is 1.58. The van der Waals surface area contributed by atoms with Crippen LogP contribution >= 0.6 is 11.6 Å². The first-order chi connectivity index (χ1) is 5.68. The maximum Gasteiger partial charge on any atom is 0.104 e. The quantitative estimate of drug-likeness (QED) is 0.664. The third-order valence-electron chi connectivity index (χ3n) is 1.91. The van der Waals surface area contributed by atoms with E-state index >= 15 is 0 Å². The van der Waals surface area contributed by atoms with Gasteiger partial charge in [-0.2, -0.15) is 0 Å². The van der Waals surface area contributed by atoms with Crippen molar-refractivity contribution < 1.29 is 0 Å². The fourth-order valence-corrected chi connectivity index (χ4v) is 1.51. The Labute approximate surface area is 75.6 Å². The van der Waals surface area contributed by atoms with E-state index in [9.17, 15) is 0 Å². The number of nitrogens with zero attached hydrogens (tertiary/aromatic N) is 1. The number of hydrogen-bond donors (Lipinski definition) is 1. The molecule has 0 atom stereocenters. The molecule has 2 rings (SSSR count). The molecule has 0 aliphatic rings. The molecule has 0 aliphatic heterocycles. The van der Waals surface area contributed by atoms with Gasteiger partial charge >= 0.3 is 0 Å². The van der Waals surface area contributed by atoms with E-state index in [1.165, 1.54) is 0 Å². The molecule has 1 aromatic carbocycles. The summed E-state index contributed by atoms with van der Waals surface area (Å²) >= 11 is 5.97. The molecule has 1 heterocycles. The van der Waals surface area contributed by atoms with E-state index in [1.807, 2.05) is 26.0 Å². The minimum Gasteiger partial charge on any atom is -0.341 e. The van der Waals surface area contributed by atoms with E-state index < -0.39 is 0 Å². The lowest BCUT2D eigenvalue weighted by Crippen LogP contribution is -1.76. The number of aromatic nitrogens is 2. The molecule has 3 heteroatoms. The van der Waals surface area contributed by atoms with Crippen molar-refractivity contribution in [2.24, 2.45) is 0 Å². The van der Waals surface area contributed by atoms with Crippen molar-refractivity contribution in [3.8, 4) is 0 Å². The van der Waals surface area contributed by atoms with Crippen LogP contribution in [0.1, 0.15) is 11.4 Å². The number of aryl methyl sites for hydroxylation is 2. The highest BCUT2D eigenvalue weighted by atomic mass is 35.5. The van der Waals surface area contributed by atoms with Gasteiger partial charge in [0.05, 0.1) is 16.1 Å². The van der Waals surface area contributed by atoms with Crippen LogP contribution in [-0.2, 0) is 0 Å². The van der Waals surface area contributed by atoms with E-state index in [-0.39, 0.29) is 0 Å². The number of hydrogen-bond acceptors (Lipinski definition) is 1. The number of H-pyrrole nitrogens is 1. The van der Waals surface area contributed by atoms with Crippen LogP contribution in [0, 0.1) is 13.8 Å². The lowest BCUT2D eigenvalue weighted by molar-refractivity contribution is 1.17. The van der Waals surface area contributed by atoms with Crippen LogP contribution in [0.5, 0.6) is 0 Å². The van der Waals surface area contributed by atoms with Crippen molar-refractivity contribution in [2.75, 3.05) is 0 Å². The predicted molar refractivity (Wildman–Crippen MR) is 50.6 cm³/mol. The molecule has 1 N–H and O–H groups in total. The van der Waals surface area contributed by atoms with Gasteiger partial charge in [0.1, 0.15) is 5.82 Å². The van der Waals surface area contributed by atoms with Crippen molar-refractivity contribution in [3.63, 3.8) is 0 Å². The number of aromatic amines is 1. The molecule has 0 saturated heterocycles. The average Bonchev–Trinajstić information content (AvgIpc) is 2.41. The van der Waals surface area contributed by atoms with Crippen LogP contribution in [-0.4, -0.2) is 9.97 Å². The van der Waals surface area contributed by atoms with Crippen molar-refractivity contribution in [2.45, 2.75) is 13.8 Å². The second kappa shape index (κ2) is 2.49.